The van der Waals surface area contributed by atoms with Crippen LogP contribution in [0.15, 0.2) is 0 Å². The molecule has 0 saturated carbocycles. The van der Waals surface area contributed by atoms with Gasteiger partial charge in [0.25, 0.3) is 0 Å². The van der Waals surface area contributed by atoms with Gasteiger partial charge in [-0.1, -0.05) is 6.92 Å². The lowest BCUT2D eigenvalue weighted by Gasteiger charge is -2.10. The second-order valence-corrected chi connectivity index (χ2v) is 3.20. The first-order valence-corrected chi connectivity index (χ1v) is 4.08. The maximum absolute atomic E-state index is 4.30. The van der Waals surface area contributed by atoms with Gasteiger partial charge in [-0.05, 0) is 17.6 Å². The van der Waals surface area contributed by atoms with Gasteiger partial charge >= 0.3 is 5.82 Å². The summed E-state index contributed by atoms with van der Waals surface area (Å²) in [7, 11) is 1.87. The van der Waals surface area contributed by atoms with Crippen LogP contribution in [0.25, 0.3) is 0 Å². The van der Waals surface area contributed by atoms with Crippen molar-refractivity contribution in [1.82, 2.24) is 15.1 Å². The fourth-order valence-corrected chi connectivity index (χ4v) is 1.61. The molecule has 0 saturated heterocycles. The summed E-state index contributed by atoms with van der Waals surface area (Å²) in [5.74, 6) is 1.72. The van der Waals surface area contributed by atoms with Gasteiger partial charge in [-0.15, -0.1) is 4.68 Å². The maximum atomic E-state index is 4.30. The van der Waals surface area contributed by atoms with Gasteiger partial charge in [0.1, 0.15) is 7.05 Å². The highest BCUT2D eigenvalue weighted by atomic mass is 15.6. The Balaban J connectivity index is 2.43. The van der Waals surface area contributed by atoms with E-state index in [2.05, 4.69) is 17.2 Å². The molecule has 1 aliphatic heterocycles. The minimum absolute atomic E-state index is 0.581. The molecule has 0 radical (unpaired) electrons. The van der Waals surface area contributed by atoms with E-state index < -0.39 is 0 Å². The highest BCUT2D eigenvalue weighted by Crippen LogP contribution is 2.18. The number of aryl methyl sites for hydroxylation is 2. The molecule has 1 unspecified atom stereocenters. The van der Waals surface area contributed by atoms with Crippen molar-refractivity contribution in [2.45, 2.75) is 32.2 Å². The fraction of sp³-hybridized carbons (Fsp3) is 0.857. The summed E-state index contributed by atoms with van der Waals surface area (Å²) < 4.78 is 2.01. The lowest BCUT2D eigenvalue weighted by Crippen LogP contribution is -2.43. The summed E-state index contributed by atoms with van der Waals surface area (Å²) in [6.45, 7) is 3.24. The van der Waals surface area contributed by atoms with E-state index >= 15 is 0 Å². The summed E-state index contributed by atoms with van der Waals surface area (Å²) in [6.07, 6.45) is 2.48. The molecule has 0 aromatic carbocycles. The number of nitrogens with zero attached hydrogens (tertiary/aromatic N) is 4. The van der Waals surface area contributed by atoms with Crippen LogP contribution < -0.4 is 4.68 Å². The van der Waals surface area contributed by atoms with Gasteiger partial charge in [-0.25, -0.2) is 0 Å². The summed E-state index contributed by atoms with van der Waals surface area (Å²) in [5.41, 5.74) is 0. The molecule has 0 spiro atoms. The van der Waals surface area contributed by atoms with Crippen LogP contribution in [0.2, 0.25) is 0 Å². The quantitative estimate of drug-likeness (QED) is 0.492. The Morgan fingerprint density at radius 2 is 2.45 bits per heavy atom. The van der Waals surface area contributed by atoms with E-state index in [9.17, 15) is 0 Å². The topological polar surface area (TPSA) is 34.6 Å². The third-order valence-electron chi connectivity index (χ3n) is 2.20. The van der Waals surface area contributed by atoms with Gasteiger partial charge in [0.05, 0.1) is 22.8 Å². The van der Waals surface area contributed by atoms with Crippen LogP contribution in [-0.2, 0) is 13.6 Å². The summed E-state index contributed by atoms with van der Waals surface area (Å²) in [6, 6.07) is 0. The molecule has 1 atom stereocenters. The highest BCUT2D eigenvalue weighted by Gasteiger charge is 2.26. The third-order valence-corrected chi connectivity index (χ3v) is 2.20. The molecular formula is C7H13N4+. The van der Waals surface area contributed by atoms with E-state index in [0.29, 0.717) is 5.92 Å². The van der Waals surface area contributed by atoms with Gasteiger partial charge in [-0.3, -0.25) is 0 Å². The highest BCUT2D eigenvalue weighted by molar-refractivity contribution is 4.83. The summed E-state index contributed by atoms with van der Waals surface area (Å²) in [4.78, 5) is 1.65. The first-order valence-electron chi connectivity index (χ1n) is 4.08. The van der Waals surface area contributed by atoms with E-state index in [1.54, 1.807) is 4.80 Å². The van der Waals surface area contributed by atoms with E-state index in [0.717, 1.165) is 12.4 Å². The van der Waals surface area contributed by atoms with E-state index in [-0.39, 0.29) is 0 Å². The smallest absolute Gasteiger partial charge is 0.137 e. The van der Waals surface area contributed by atoms with Crippen molar-refractivity contribution in [3.63, 3.8) is 0 Å². The van der Waals surface area contributed by atoms with Crippen LogP contribution in [-0.4, -0.2) is 15.1 Å². The first-order chi connectivity index (χ1) is 5.27. The minimum atomic E-state index is 0.581. The van der Waals surface area contributed by atoms with Crippen molar-refractivity contribution in [1.29, 1.82) is 0 Å². The number of tetrazole rings is 1. The Hall–Kier alpha value is -0.930. The van der Waals surface area contributed by atoms with Crippen LogP contribution in [0.1, 0.15) is 31.5 Å². The predicted octanol–water partition coefficient (Wildman–Crippen LogP) is -0.0001000. The van der Waals surface area contributed by atoms with Crippen molar-refractivity contribution in [2.24, 2.45) is 7.05 Å². The van der Waals surface area contributed by atoms with Gasteiger partial charge in [-0.2, -0.15) is 0 Å². The molecular weight excluding hydrogens is 140 g/mol. The maximum Gasteiger partial charge on any atom is 0.301 e. The van der Waals surface area contributed by atoms with Crippen molar-refractivity contribution in [3.8, 4) is 0 Å². The Labute approximate surface area is 65.8 Å². The number of fused-ring (bicyclic) bond motifs is 1. The molecule has 0 amide bonds. The lowest BCUT2D eigenvalue weighted by atomic mass is 10.0. The predicted molar refractivity (Wildman–Crippen MR) is 38.8 cm³/mol. The van der Waals surface area contributed by atoms with E-state index in [1.165, 1.54) is 12.8 Å². The van der Waals surface area contributed by atoms with Crippen LogP contribution in [0.3, 0.4) is 0 Å². The number of rotatable bonds is 0. The SMILES string of the molecule is CC1CCC[n+]2nn(C)nc21. The zero-order valence-corrected chi connectivity index (χ0v) is 6.99. The Kier molecular flexibility index (Phi) is 1.41. The first kappa shape index (κ1) is 6.76. The second-order valence-electron chi connectivity index (χ2n) is 3.20. The van der Waals surface area contributed by atoms with E-state index in [4.69, 9.17) is 0 Å². The van der Waals surface area contributed by atoms with Crippen LogP contribution in [0, 0.1) is 0 Å². The lowest BCUT2D eigenvalue weighted by molar-refractivity contribution is -0.768. The molecule has 0 aliphatic carbocycles. The standard InChI is InChI=1S/C7H13N4/c1-6-4-3-5-11-7(6)8-10(2)9-11/h6H,3-5H2,1-2H3/q+1. The van der Waals surface area contributed by atoms with Crippen LogP contribution in [0.5, 0.6) is 0 Å². The van der Waals surface area contributed by atoms with E-state index in [1.807, 2.05) is 11.7 Å². The Morgan fingerprint density at radius 3 is 3.18 bits per heavy atom. The molecule has 0 N–H and O–H groups in total. The average molecular weight is 153 g/mol. The Morgan fingerprint density at radius 1 is 1.64 bits per heavy atom. The number of hydrogen-bond donors (Lipinski definition) is 0. The largest absolute Gasteiger partial charge is 0.301 e. The molecule has 0 bridgehead atoms. The summed E-state index contributed by atoms with van der Waals surface area (Å²) in [5, 5.41) is 8.52. The normalized spacial score (nSPS) is 23.3. The minimum Gasteiger partial charge on any atom is -0.137 e. The van der Waals surface area contributed by atoms with Crippen LogP contribution >= 0.6 is 0 Å². The molecule has 4 heteroatoms. The van der Waals surface area contributed by atoms with Crippen molar-refractivity contribution in [3.05, 3.63) is 5.82 Å². The van der Waals surface area contributed by atoms with Crippen molar-refractivity contribution < 1.29 is 4.68 Å². The molecule has 4 nitrogen and oxygen atoms in total. The number of hydrogen-bond acceptors (Lipinski definition) is 2. The molecule has 1 aliphatic rings. The molecule has 2 rings (SSSR count). The average Bonchev–Trinajstić information content (AvgIpc) is 2.31. The van der Waals surface area contributed by atoms with Crippen molar-refractivity contribution in [2.75, 3.05) is 0 Å². The van der Waals surface area contributed by atoms with Gasteiger partial charge in [0.15, 0.2) is 0 Å². The molecule has 2 heterocycles. The van der Waals surface area contributed by atoms with Gasteiger partial charge < -0.3 is 0 Å². The third kappa shape index (κ3) is 1.02. The summed E-state index contributed by atoms with van der Waals surface area (Å²) >= 11 is 0. The zero-order valence-electron chi connectivity index (χ0n) is 6.99. The number of aromatic nitrogens is 4. The Bertz CT molecular complexity index is 265. The van der Waals surface area contributed by atoms with Gasteiger partial charge in [0.2, 0.25) is 0 Å². The molecule has 60 valence electrons. The molecule has 1 aromatic heterocycles. The molecule has 11 heavy (non-hydrogen) atoms. The second kappa shape index (κ2) is 2.29. The monoisotopic (exact) mass is 153 g/mol. The molecule has 0 fully saturated rings. The van der Waals surface area contributed by atoms with Crippen molar-refractivity contribution >= 4 is 0 Å². The van der Waals surface area contributed by atoms with Gasteiger partial charge in [0, 0.05) is 0 Å². The zero-order chi connectivity index (χ0) is 7.84. The molecule has 1 aromatic rings. The van der Waals surface area contributed by atoms with Crippen LogP contribution in [0.4, 0.5) is 0 Å². The fourth-order valence-electron chi connectivity index (χ4n) is 1.61.